The van der Waals surface area contributed by atoms with E-state index in [-0.39, 0.29) is 17.4 Å². The molecular weight excluding hydrogens is 361 g/mol. The van der Waals surface area contributed by atoms with Crippen LogP contribution < -0.4 is 4.74 Å². The predicted octanol–water partition coefficient (Wildman–Crippen LogP) is 4.65. The number of aliphatic carboxylic acids is 1. The van der Waals surface area contributed by atoms with E-state index in [0.717, 1.165) is 48.2 Å². The molecule has 1 aliphatic carbocycles. The second-order valence-corrected chi connectivity index (χ2v) is 7.51. The quantitative estimate of drug-likeness (QED) is 0.754. The SMILES string of the molecule is Cc1cc(OCC(=O)O)c(F)c(C)c1Cc1ccc(O)c(C2CCCCC2)n1. The van der Waals surface area contributed by atoms with Crippen LogP contribution in [0.3, 0.4) is 0 Å². The number of hydrogen-bond acceptors (Lipinski definition) is 4. The van der Waals surface area contributed by atoms with Crippen LogP contribution in [0.4, 0.5) is 4.39 Å². The van der Waals surface area contributed by atoms with Gasteiger partial charge < -0.3 is 14.9 Å². The molecule has 0 aliphatic heterocycles. The van der Waals surface area contributed by atoms with Crippen molar-refractivity contribution in [1.29, 1.82) is 0 Å². The minimum atomic E-state index is -1.15. The largest absolute Gasteiger partial charge is 0.506 e. The van der Waals surface area contributed by atoms with E-state index in [1.165, 1.54) is 12.5 Å². The summed E-state index contributed by atoms with van der Waals surface area (Å²) in [6.07, 6.45) is 6.03. The molecule has 2 N–H and O–H groups in total. The number of carboxylic acid groups (broad SMARTS) is 1. The number of pyridine rings is 1. The van der Waals surface area contributed by atoms with E-state index in [1.54, 1.807) is 19.1 Å². The Morgan fingerprint density at radius 3 is 2.64 bits per heavy atom. The lowest BCUT2D eigenvalue weighted by Crippen LogP contribution is -2.12. The molecule has 2 aromatic rings. The fourth-order valence-corrected chi connectivity index (χ4v) is 3.94. The molecule has 1 heterocycles. The summed E-state index contributed by atoms with van der Waals surface area (Å²) >= 11 is 0. The first kappa shape index (κ1) is 20.1. The molecule has 28 heavy (non-hydrogen) atoms. The Bertz CT molecular complexity index is 875. The van der Waals surface area contributed by atoms with Crippen molar-refractivity contribution >= 4 is 5.97 Å². The van der Waals surface area contributed by atoms with E-state index in [4.69, 9.17) is 14.8 Å². The standard InChI is InChI=1S/C22H26FNO4/c1-13-10-19(28-12-20(26)27)21(23)14(2)17(13)11-16-8-9-18(25)22(24-16)15-6-4-3-5-7-15/h8-10,15,25H,3-7,11-12H2,1-2H3,(H,26,27). The highest BCUT2D eigenvalue weighted by molar-refractivity contribution is 5.68. The number of nitrogens with zero attached hydrogens (tertiary/aromatic N) is 1. The van der Waals surface area contributed by atoms with E-state index in [9.17, 15) is 14.3 Å². The van der Waals surface area contributed by atoms with Gasteiger partial charge in [-0.25, -0.2) is 9.18 Å². The van der Waals surface area contributed by atoms with Crippen molar-refractivity contribution in [2.75, 3.05) is 6.61 Å². The summed E-state index contributed by atoms with van der Waals surface area (Å²) in [6, 6.07) is 4.98. The van der Waals surface area contributed by atoms with Gasteiger partial charge in [-0.05, 0) is 61.6 Å². The van der Waals surface area contributed by atoms with Gasteiger partial charge in [-0.1, -0.05) is 19.3 Å². The molecule has 3 rings (SSSR count). The molecular formula is C22H26FNO4. The first-order valence-corrected chi connectivity index (χ1v) is 9.68. The van der Waals surface area contributed by atoms with Gasteiger partial charge in [0.05, 0.1) is 5.69 Å². The van der Waals surface area contributed by atoms with Crippen LogP contribution in [0.15, 0.2) is 18.2 Å². The van der Waals surface area contributed by atoms with Crippen molar-refractivity contribution in [3.05, 3.63) is 52.1 Å². The molecule has 1 aromatic carbocycles. The fourth-order valence-electron chi connectivity index (χ4n) is 3.94. The van der Waals surface area contributed by atoms with Crippen molar-refractivity contribution in [1.82, 2.24) is 4.98 Å². The maximum absolute atomic E-state index is 14.7. The normalized spacial score (nSPS) is 14.8. The van der Waals surface area contributed by atoms with Crippen LogP contribution >= 0.6 is 0 Å². The molecule has 1 aromatic heterocycles. The van der Waals surface area contributed by atoms with Crippen LogP contribution in [0, 0.1) is 19.7 Å². The summed E-state index contributed by atoms with van der Waals surface area (Å²) in [6.45, 7) is 2.92. The number of carboxylic acids is 1. The number of rotatable bonds is 6. The van der Waals surface area contributed by atoms with Crippen molar-refractivity contribution < 1.29 is 24.1 Å². The van der Waals surface area contributed by atoms with E-state index in [0.29, 0.717) is 12.0 Å². The third kappa shape index (κ3) is 4.43. The first-order chi connectivity index (χ1) is 13.4. The van der Waals surface area contributed by atoms with E-state index in [2.05, 4.69) is 0 Å². The number of ether oxygens (including phenoxy) is 1. The first-order valence-electron chi connectivity index (χ1n) is 9.68. The van der Waals surface area contributed by atoms with Gasteiger partial charge in [-0.3, -0.25) is 4.98 Å². The van der Waals surface area contributed by atoms with E-state index < -0.39 is 18.4 Å². The Balaban J connectivity index is 1.87. The summed E-state index contributed by atoms with van der Waals surface area (Å²) < 4.78 is 19.7. The van der Waals surface area contributed by atoms with Crippen molar-refractivity contribution in [3.8, 4) is 11.5 Å². The number of benzene rings is 1. The van der Waals surface area contributed by atoms with Gasteiger partial charge in [0.2, 0.25) is 0 Å². The molecule has 0 bridgehead atoms. The Morgan fingerprint density at radius 1 is 1.25 bits per heavy atom. The predicted molar refractivity (Wildman–Crippen MR) is 104 cm³/mol. The van der Waals surface area contributed by atoms with E-state index >= 15 is 0 Å². The third-order valence-corrected chi connectivity index (χ3v) is 5.48. The van der Waals surface area contributed by atoms with Gasteiger partial charge in [0.15, 0.2) is 18.2 Å². The molecule has 150 valence electrons. The average molecular weight is 387 g/mol. The minimum absolute atomic E-state index is 0.0530. The Hall–Kier alpha value is -2.63. The highest BCUT2D eigenvalue weighted by Gasteiger charge is 2.21. The van der Waals surface area contributed by atoms with Crippen molar-refractivity contribution in [3.63, 3.8) is 0 Å². The molecule has 1 fully saturated rings. The zero-order valence-electron chi connectivity index (χ0n) is 16.3. The Labute approximate surface area is 164 Å². The molecule has 1 saturated carbocycles. The molecule has 0 saturated heterocycles. The van der Waals surface area contributed by atoms with Gasteiger partial charge in [0.25, 0.3) is 0 Å². The number of halogens is 1. The van der Waals surface area contributed by atoms with Crippen molar-refractivity contribution in [2.24, 2.45) is 0 Å². The molecule has 5 nitrogen and oxygen atoms in total. The van der Waals surface area contributed by atoms with Crippen molar-refractivity contribution in [2.45, 2.75) is 58.3 Å². The van der Waals surface area contributed by atoms with Crippen LogP contribution in [0.1, 0.15) is 66.1 Å². The lowest BCUT2D eigenvalue weighted by Gasteiger charge is -2.22. The summed E-state index contributed by atoms with van der Waals surface area (Å²) in [5.41, 5.74) is 3.56. The molecule has 0 radical (unpaired) electrons. The highest BCUT2D eigenvalue weighted by Crippen LogP contribution is 2.36. The molecule has 1 aliphatic rings. The summed E-state index contributed by atoms with van der Waals surface area (Å²) in [5, 5.41) is 19.0. The summed E-state index contributed by atoms with van der Waals surface area (Å²) in [5.74, 6) is -1.25. The monoisotopic (exact) mass is 387 g/mol. The number of aromatic hydroxyl groups is 1. The van der Waals surface area contributed by atoms with Crippen LogP contribution in [-0.4, -0.2) is 27.8 Å². The zero-order chi connectivity index (χ0) is 20.3. The number of hydrogen-bond donors (Lipinski definition) is 2. The van der Waals surface area contributed by atoms with Crippen LogP contribution in [0.2, 0.25) is 0 Å². The summed E-state index contributed by atoms with van der Waals surface area (Å²) in [4.78, 5) is 15.4. The van der Waals surface area contributed by atoms with Gasteiger partial charge in [-0.2, -0.15) is 0 Å². The maximum Gasteiger partial charge on any atom is 0.341 e. The van der Waals surface area contributed by atoms with Gasteiger partial charge in [-0.15, -0.1) is 0 Å². The van der Waals surface area contributed by atoms with E-state index in [1.807, 2.05) is 6.92 Å². The van der Waals surface area contributed by atoms with Crippen LogP contribution in [0.5, 0.6) is 11.5 Å². The molecule has 0 atom stereocenters. The molecule has 0 unspecified atom stereocenters. The third-order valence-electron chi connectivity index (χ3n) is 5.48. The molecule has 6 heteroatoms. The van der Waals surface area contributed by atoms with Gasteiger partial charge in [0.1, 0.15) is 5.75 Å². The summed E-state index contributed by atoms with van der Waals surface area (Å²) in [7, 11) is 0. The second-order valence-electron chi connectivity index (χ2n) is 7.51. The minimum Gasteiger partial charge on any atom is -0.506 e. The smallest absolute Gasteiger partial charge is 0.341 e. The van der Waals surface area contributed by atoms with Gasteiger partial charge in [0, 0.05) is 18.0 Å². The lowest BCUT2D eigenvalue weighted by atomic mass is 9.86. The number of carbonyl (C=O) groups is 1. The number of aromatic nitrogens is 1. The fraction of sp³-hybridized carbons (Fsp3) is 0.455. The zero-order valence-corrected chi connectivity index (χ0v) is 16.3. The van der Waals surface area contributed by atoms with Crippen LogP contribution in [-0.2, 0) is 11.2 Å². The average Bonchev–Trinajstić information content (AvgIpc) is 2.68. The molecule has 0 amide bonds. The number of aryl methyl sites for hydroxylation is 1. The molecule has 0 spiro atoms. The highest BCUT2D eigenvalue weighted by atomic mass is 19.1. The topological polar surface area (TPSA) is 79.7 Å². The Kier molecular flexibility index (Phi) is 6.17. The Morgan fingerprint density at radius 2 is 1.96 bits per heavy atom. The van der Waals surface area contributed by atoms with Gasteiger partial charge >= 0.3 is 5.97 Å². The lowest BCUT2D eigenvalue weighted by molar-refractivity contribution is -0.139. The maximum atomic E-state index is 14.7. The second kappa shape index (κ2) is 8.59. The van der Waals surface area contributed by atoms with Crippen LogP contribution in [0.25, 0.3) is 0 Å².